The Morgan fingerprint density at radius 1 is 1.21 bits per heavy atom. The van der Waals surface area contributed by atoms with Crippen LogP contribution >= 0.6 is 11.3 Å². The summed E-state index contributed by atoms with van der Waals surface area (Å²) in [4.78, 5) is 2.65. The van der Waals surface area contributed by atoms with Gasteiger partial charge in [-0.2, -0.15) is 0 Å². The van der Waals surface area contributed by atoms with Crippen molar-refractivity contribution >= 4 is 11.3 Å². The fourth-order valence-corrected chi connectivity index (χ4v) is 4.07. The Hall–Kier alpha value is -1.12. The highest BCUT2D eigenvalue weighted by Crippen LogP contribution is 2.34. The molecular weight excluding hydrogens is 252 g/mol. The van der Waals surface area contributed by atoms with Crippen molar-refractivity contribution in [3.05, 3.63) is 56.8 Å². The Bertz CT molecular complexity index is 547. The van der Waals surface area contributed by atoms with Crippen molar-refractivity contribution in [3.8, 4) is 0 Å². The molecule has 100 valence electrons. The molecule has 0 radical (unpaired) electrons. The Balaban J connectivity index is 1.79. The van der Waals surface area contributed by atoms with E-state index in [9.17, 15) is 5.11 Å². The fraction of sp³-hybridized carbons (Fsp3) is 0.412. The summed E-state index contributed by atoms with van der Waals surface area (Å²) in [6.45, 7) is 2.11. The van der Waals surface area contributed by atoms with Gasteiger partial charge in [0.2, 0.25) is 0 Å². The zero-order valence-electron chi connectivity index (χ0n) is 11.4. The maximum absolute atomic E-state index is 10.5. The molecule has 1 N–H and O–H groups in total. The minimum Gasteiger partial charge on any atom is -0.387 e. The Labute approximate surface area is 118 Å². The largest absolute Gasteiger partial charge is 0.387 e. The SMILES string of the molecule is Cc1ccccc1CC(O)c1cc2c(s1)CCCC2. The average Bonchev–Trinajstić information content (AvgIpc) is 2.85. The average molecular weight is 272 g/mol. The lowest BCUT2D eigenvalue weighted by Crippen LogP contribution is -2.01. The molecule has 2 heteroatoms. The van der Waals surface area contributed by atoms with E-state index in [1.807, 2.05) is 11.3 Å². The van der Waals surface area contributed by atoms with Gasteiger partial charge >= 0.3 is 0 Å². The third-order valence-electron chi connectivity index (χ3n) is 4.02. The molecular formula is C17H20OS. The number of thiophene rings is 1. The molecule has 0 bridgehead atoms. The summed E-state index contributed by atoms with van der Waals surface area (Å²) in [6, 6.07) is 10.6. The van der Waals surface area contributed by atoms with E-state index >= 15 is 0 Å². The van der Waals surface area contributed by atoms with Gasteiger partial charge in [-0.1, -0.05) is 24.3 Å². The topological polar surface area (TPSA) is 20.2 Å². The van der Waals surface area contributed by atoms with Gasteiger partial charge < -0.3 is 5.11 Å². The van der Waals surface area contributed by atoms with E-state index in [1.165, 1.54) is 47.3 Å². The number of aliphatic hydroxyl groups excluding tert-OH is 1. The predicted octanol–water partition coefficient (Wildman–Crippen LogP) is 4.21. The van der Waals surface area contributed by atoms with Gasteiger partial charge in [-0.05, 0) is 55.4 Å². The quantitative estimate of drug-likeness (QED) is 0.887. The summed E-state index contributed by atoms with van der Waals surface area (Å²) in [5.41, 5.74) is 4.00. The first kappa shape index (κ1) is 12.9. The highest BCUT2D eigenvalue weighted by Gasteiger charge is 2.18. The molecule has 1 aliphatic rings. The molecule has 0 spiro atoms. The van der Waals surface area contributed by atoms with Crippen LogP contribution in [0.3, 0.4) is 0 Å². The van der Waals surface area contributed by atoms with Gasteiger partial charge in [-0.15, -0.1) is 11.3 Å². The molecule has 1 nitrogen and oxygen atoms in total. The fourth-order valence-electron chi connectivity index (χ4n) is 2.83. The number of rotatable bonds is 3. The zero-order chi connectivity index (χ0) is 13.2. The van der Waals surface area contributed by atoms with Crippen LogP contribution in [0.15, 0.2) is 30.3 Å². The van der Waals surface area contributed by atoms with Crippen LogP contribution in [0.1, 0.15) is 45.4 Å². The van der Waals surface area contributed by atoms with Crippen LogP contribution in [0.25, 0.3) is 0 Å². The van der Waals surface area contributed by atoms with Crippen LogP contribution < -0.4 is 0 Å². The smallest absolute Gasteiger partial charge is 0.0922 e. The first-order valence-corrected chi connectivity index (χ1v) is 7.90. The van der Waals surface area contributed by atoms with Crippen LogP contribution in [-0.2, 0) is 19.3 Å². The van der Waals surface area contributed by atoms with Crippen LogP contribution in [0.5, 0.6) is 0 Å². The molecule has 0 amide bonds. The summed E-state index contributed by atoms with van der Waals surface area (Å²) >= 11 is 1.82. The molecule has 0 saturated heterocycles. The standard InChI is InChI=1S/C17H20OS/c1-12-6-2-3-7-13(12)10-15(18)17-11-14-8-4-5-9-16(14)19-17/h2-3,6-7,11,15,18H,4-5,8-10H2,1H3. The number of aryl methyl sites for hydroxylation is 3. The first-order chi connectivity index (χ1) is 9.24. The molecule has 1 aliphatic carbocycles. The van der Waals surface area contributed by atoms with Gasteiger partial charge in [0.25, 0.3) is 0 Å². The summed E-state index contributed by atoms with van der Waals surface area (Å²) < 4.78 is 0. The van der Waals surface area contributed by atoms with Crippen LogP contribution in [0.2, 0.25) is 0 Å². The number of hydrogen-bond donors (Lipinski definition) is 1. The predicted molar refractivity (Wildman–Crippen MR) is 80.8 cm³/mol. The maximum Gasteiger partial charge on any atom is 0.0922 e. The highest BCUT2D eigenvalue weighted by molar-refractivity contribution is 7.12. The minimum atomic E-state index is -0.350. The Kier molecular flexibility index (Phi) is 3.72. The van der Waals surface area contributed by atoms with Gasteiger partial charge in [0.1, 0.15) is 0 Å². The molecule has 0 fully saturated rings. The maximum atomic E-state index is 10.5. The van der Waals surface area contributed by atoms with Crippen LogP contribution in [0.4, 0.5) is 0 Å². The van der Waals surface area contributed by atoms with Crippen molar-refractivity contribution in [2.75, 3.05) is 0 Å². The second kappa shape index (κ2) is 5.48. The Morgan fingerprint density at radius 2 is 2.00 bits per heavy atom. The van der Waals surface area contributed by atoms with Crippen molar-refractivity contribution in [2.24, 2.45) is 0 Å². The van der Waals surface area contributed by atoms with Crippen LogP contribution in [0, 0.1) is 6.92 Å². The van der Waals surface area contributed by atoms with Crippen molar-refractivity contribution in [1.29, 1.82) is 0 Å². The van der Waals surface area contributed by atoms with Crippen molar-refractivity contribution < 1.29 is 5.11 Å². The molecule has 2 aromatic rings. The molecule has 1 atom stereocenters. The molecule has 0 aliphatic heterocycles. The van der Waals surface area contributed by atoms with Crippen LogP contribution in [-0.4, -0.2) is 5.11 Å². The van der Waals surface area contributed by atoms with E-state index in [2.05, 4.69) is 37.3 Å². The third-order valence-corrected chi connectivity index (χ3v) is 5.36. The number of hydrogen-bond acceptors (Lipinski definition) is 2. The van der Waals surface area contributed by atoms with E-state index in [-0.39, 0.29) is 6.10 Å². The zero-order valence-corrected chi connectivity index (χ0v) is 12.2. The molecule has 1 unspecified atom stereocenters. The normalized spacial score (nSPS) is 16.1. The Morgan fingerprint density at radius 3 is 2.79 bits per heavy atom. The van der Waals surface area contributed by atoms with E-state index in [4.69, 9.17) is 0 Å². The second-order valence-electron chi connectivity index (χ2n) is 5.45. The summed E-state index contributed by atoms with van der Waals surface area (Å²) in [5, 5.41) is 10.5. The summed E-state index contributed by atoms with van der Waals surface area (Å²) in [5.74, 6) is 0. The number of aliphatic hydroxyl groups is 1. The molecule has 19 heavy (non-hydrogen) atoms. The van der Waals surface area contributed by atoms with E-state index in [0.717, 1.165) is 11.3 Å². The molecule has 3 rings (SSSR count). The lowest BCUT2D eigenvalue weighted by molar-refractivity contribution is 0.182. The summed E-state index contributed by atoms with van der Waals surface area (Å²) in [7, 11) is 0. The van der Waals surface area contributed by atoms with Crippen molar-refractivity contribution in [3.63, 3.8) is 0 Å². The highest BCUT2D eigenvalue weighted by atomic mass is 32.1. The minimum absolute atomic E-state index is 0.350. The van der Waals surface area contributed by atoms with Gasteiger partial charge in [0.05, 0.1) is 6.10 Å². The number of benzene rings is 1. The summed E-state index contributed by atoms with van der Waals surface area (Å²) in [6.07, 6.45) is 5.39. The van der Waals surface area contributed by atoms with Crippen molar-refractivity contribution in [1.82, 2.24) is 0 Å². The van der Waals surface area contributed by atoms with Gasteiger partial charge in [0, 0.05) is 16.2 Å². The first-order valence-electron chi connectivity index (χ1n) is 7.08. The van der Waals surface area contributed by atoms with Gasteiger partial charge in [-0.25, -0.2) is 0 Å². The molecule has 1 aromatic heterocycles. The third kappa shape index (κ3) is 2.75. The van der Waals surface area contributed by atoms with Gasteiger partial charge in [-0.3, -0.25) is 0 Å². The molecule has 0 saturated carbocycles. The molecule has 1 aromatic carbocycles. The van der Waals surface area contributed by atoms with E-state index < -0.39 is 0 Å². The van der Waals surface area contributed by atoms with E-state index in [0.29, 0.717) is 0 Å². The monoisotopic (exact) mass is 272 g/mol. The van der Waals surface area contributed by atoms with Gasteiger partial charge in [0.15, 0.2) is 0 Å². The van der Waals surface area contributed by atoms with E-state index in [1.54, 1.807) is 0 Å². The van der Waals surface area contributed by atoms with Crippen molar-refractivity contribution in [2.45, 2.75) is 45.1 Å². The second-order valence-corrected chi connectivity index (χ2v) is 6.62. The number of fused-ring (bicyclic) bond motifs is 1. The molecule has 1 heterocycles. The lowest BCUT2D eigenvalue weighted by atomic mass is 9.98. The lowest BCUT2D eigenvalue weighted by Gasteiger charge is -2.10.